The van der Waals surface area contributed by atoms with Crippen molar-refractivity contribution in [1.29, 1.82) is 0 Å². The average Bonchev–Trinajstić information content (AvgIpc) is 3.05. The zero-order chi connectivity index (χ0) is 16.6. The lowest BCUT2D eigenvalue weighted by atomic mass is 10.2. The van der Waals surface area contributed by atoms with E-state index in [0.29, 0.717) is 10.9 Å². The molecule has 120 valence electrons. The van der Waals surface area contributed by atoms with Gasteiger partial charge in [0.2, 0.25) is 0 Å². The summed E-state index contributed by atoms with van der Waals surface area (Å²) in [5, 5.41) is 1.19. The Labute approximate surface area is 150 Å². The van der Waals surface area contributed by atoms with Crippen LogP contribution in [-0.2, 0) is 4.79 Å². The zero-order valence-electron chi connectivity index (χ0n) is 13.3. The van der Waals surface area contributed by atoms with Gasteiger partial charge in [0.1, 0.15) is 4.32 Å². The highest BCUT2D eigenvalue weighted by atomic mass is 32.2. The fourth-order valence-corrected chi connectivity index (χ4v) is 5.29. The molecule has 1 fully saturated rings. The molecule has 2 heterocycles. The van der Waals surface area contributed by atoms with Crippen molar-refractivity contribution >= 4 is 51.7 Å². The maximum absolute atomic E-state index is 12.4. The largest absolute Gasteiger partial charge is 0.335 e. The minimum atomic E-state index is 0.0195. The van der Waals surface area contributed by atoms with E-state index in [1.54, 1.807) is 16.7 Å². The van der Waals surface area contributed by atoms with Crippen molar-refractivity contribution in [3.63, 3.8) is 0 Å². The molecule has 0 bridgehead atoms. The molecule has 3 rings (SSSR count). The van der Waals surface area contributed by atoms with Gasteiger partial charge in [-0.05, 0) is 44.6 Å². The maximum atomic E-state index is 12.4. The standard InChI is InChI=1S/C17H18N2OS3/c1-4-18-12-8-6-7-9-13(12)22-16(18)11(3)10-14-15(20)19(5-2)17(21)23-14/h6-10H,4-5H2,1-3H3/b14-10+,16-11-. The molecular formula is C17H18N2OS3. The summed E-state index contributed by atoms with van der Waals surface area (Å²) >= 11 is 8.44. The highest BCUT2D eigenvalue weighted by Crippen LogP contribution is 2.47. The molecule has 0 N–H and O–H groups in total. The highest BCUT2D eigenvalue weighted by Gasteiger charge is 2.31. The van der Waals surface area contributed by atoms with E-state index in [9.17, 15) is 4.79 Å². The predicted octanol–water partition coefficient (Wildman–Crippen LogP) is 4.61. The number of carbonyl (C=O) groups is 1. The summed E-state index contributed by atoms with van der Waals surface area (Å²) in [7, 11) is 0. The van der Waals surface area contributed by atoms with Crippen molar-refractivity contribution in [2.24, 2.45) is 0 Å². The van der Waals surface area contributed by atoms with Gasteiger partial charge in [0.05, 0.1) is 15.6 Å². The summed E-state index contributed by atoms with van der Waals surface area (Å²) in [6.07, 6.45) is 1.98. The molecule has 1 aromatic rings. The number of carbonyl (C=O) groups excluding carboxylic acids is 1. The van der Waals surface area contributed by atoms with Crippen molar-refractivity contribution in [2.45, 2.75) is 25.7 Å². The number of fused-ring (bicyclic) bond motifs is 1. The Balaban J connectivity index is 1.95. The van der Waals surface area contributed by atoms with E-state index in [-0.39, 0.29) is 5.91 Å². The van der Waals surface area contributed by atoms with Crippen LogP contribution >= 0.6 is 35.7 Å². The molecule has 0 unspecified atom stereocenters. The average molecular weight is 363 g/mol. The third kappa shape index (κ3) is 2.95. The Morgan fingerprint density at radius 1 is 1.17 bits per heavy atom. The van der Waals surface area contributed by atoms with Crippen LogP contribution in [0.5, 0.6) is 0 Å². The summed E-state index contributed by atoms with van der Waals surface area (Å²) in [5.41, 5.74) is 2.34. The third-order valence-corrected chi connectivity index (χ3v) is 6.48. The van der Waals surface area contributed by atoms with Crippen LogP contribution in [-0.4, -0.2) is 28.2 Å². The molecule has 1 aromatic carbocycles. The molecular weight excluding hydrogens is 344 g/mol. The fourth-order valence-electron chi connectivity index (χ4n) is 2.67. The van der Waals surface area contributed by atoms with E-state index in [0.717, 1.165) is 17.0 Å². The number of nitrogens with zero attached hydrogens (tertiary/aromatic N) is 2. The number of para-hydroxylation sites is 1. The number of allylic oxidation sites excluding steroid dienone is 2. The molecule has 2 aliphatic heterocycles. The van der Waals surface area contributed by atoms with E-state index >= 15 is 0 Å². The van der Waals surface area contributed by atoms with Gasteiger partial charge in [-0.2, -0.15) is 0 Å². The van der Waals surface area contributed by atoms with Gasteiger partial charge in [-0.3, -0.25) is 9.69 Å². The van der Waals surface area contributed by atoms with Gasteiger partial charge in [0.25, 0.3) is 5.91 Å². The van der Waals surface area contributed by atoms with E-state index in [1.165, 1.54) is 27.4 Å². The number of hydrogen-bond donors (Lipinski definition) is 0. The molecule has 0 radical (unpaired) electrons. The van der Waals surface area contributed by atoms with Crippen LogP contribution in [0.25, 0.3) is 0 Å². The first-order valence-corrected chi connectivity index (χ1v) is 9.61. The Bertz CT molecular complexity index is 739. The molecule has 1 saturated heterocycles. The van der Waals surface area contributed by atoms with Gasteiger partial charge >= 0.3 is 0 Å². The normalized spacial score (nSPS) is 21.4. The van der Waals surface area contributed by atoms with Gasteiger partial charge in [0.15, 0.2) is 0 Å². The second kappa shape index (κ2) is 6.71. The summed E-state index contributed by atoms with van der Waals surface area (Å²) in [5.74, 6) is 0.0195. The van der Waals surface area contributed by atoms with Crippen molar-refractivity contribution < 1.29 is 4.79 Å². The minimum absolute atomic E-state index is 0.0195. The molecule has 6 heteroatoms. The lowest BCUT2D eigenvalue weighted by Gasteiger charge is -2.19. The Kier molecular flexibility index (Phi) is 4.85. The number of anilines is 1. The number of amides is 1. The van der Waals surface area contributed by atoms with Gasteiger partial charge in [-0.25, -0.2) is 0 Å². The number of thiocarbonyl (C=S) groups is 1. The maximum Gasteiger partial charge on any atom is 0.266 e. The topological polar surface area (TPSA) is 23.6 Å². The van der Waals surface area contributed by atoms with Crippen LogP contribution in [0.3, 0.4) is 0 Å². The van der Waals surface area contributed by atoms with Crippen LogP contribution in [0.1, 0.15) is 20.8 Å². The highest BCUT2D eigenvalue weighted by molar-refractivity contribution is 8.26. The monoisotopic (exact) mass is 362 g/mol. The van der Waals surface area contributed by atoms with Crippen molar-refractivity contribution in [2.75, 3.05) is 18.0 Å². The SMILES string of the molecule is CCN1C(=O)/C(=C\C(C)=C2/Sc3ccccc3N2CC)SC1=S. The van der Waals surface area contributed by atoms with Crippen LogP contribution in [0, 0.1) is 0 Å². The summed E-state index contributed by atoms with van der Waals surface area (Å²) < 4.78 is 0.649. The molecule has 0 aromatic heterocycles. The third-order valence-electron chi connectivity index (χ3n) is 3.80. The molecule has 2 aliphatic rings. The number of rotatable bonds is 3. The van der Waals surface area contributed by atoms with Crippen molar-refractivity contribution in [1.82, 2.24) is 4.90 Å². The van der Waals surface area contributed by atoms with Gasteiger partial charge in [-0.1, -0.05) is 47.9 Å². The quantitative estimate of drug-likeness (QED) is 0.577. The first-order chi connectivity index (χ1) is 11.1. The first-order valence-electron chi connectivity index (χ1n) is 7.57. The van der Waals surface area contributed by atoms with E-state index in [1.807, 2.05) is 13.0 Å². The van der Waals surface area contributed by atoms with Gasteiger partial charge in [-0.15, -0.1) is 0 Å². The van der Waals surface area contributed by atoms with Crippen molar-refractivity contribution in [3.05, 3.63) is 45.8 Å². The lowest BCUT2D eigenvalue weighted by Crippen LogP contribution is -2.27. The summed E-state index contributed by atoms with van der Waals surface area (Å²) in [4.78, 5) is 18.3. The van der Waals surface area contributed by atoms with Gasteiger partial charge < -0.3 is 4.90 Å². The molecule has 0 atom stereocenters. The number of likely N-dealkylation sites (N-methyl/N-ethyl adjacent to an activating group) is 1. The Hall–Kier alpha value is -1.24. The summed E-state index contributed by atoms with van der Waals surface area (Å²) in [6.45, 7) is 7.68. The van der Waals surface area contributed by atoms with Crippen LogP contribution < -0.4 is 4.90 Å². The summed E-state index contributed by atoms with van der Waals surface area (Å²) in [6, 6.07) is 8.40. The smallest absolute Gasteiger partial charge is 0.266 e. The molecule has 0 aliphatic carbocycles. The van der Waals surface area contributed by atoms with E-state index in [4.69, 9.17) is 12.2 Å². The van der Waals surface area contributed by atoms with Crippen LogP contribution in [0.2, 0.25) is 0 Å². The number of benzene rings is 1. The second-order valence-electron chi connectivity index (χ2n) is 5.23. The van der Waals surface area contributed by atoms with Crippen LogP contribution in [0.15, 0.2) is 50.7 Å². The van der Waals surface area contributed by atoms with E-state index < -0.39 is 0 Å². The molecule has 1 amide bonds. The molecule has 0 saturated carbocycles. The number of hydrogen-bond acceptors (Lipinski definition) is 5. The second-order valence-corrected chi connectivity index (χ2v) is 7.93. The Morgan fingerprint density at radius 3 is 2.52 bits per heavy atom. The van der Waals surface area contributed by atoms with Gasteiger partial charge in [0, 0.05) is 18.0 Å². The van der Waals surface area contributed by atoms with E-state index in [2.05, 4.69) is 43.0 Å². The fraction of sp³-hybridized carbons (Fsp3) is 0.294. The van der Waals surface area contributed by atoms with Crippen LogP contribution in [0.4, 0.5) is 5.69 Å². The zero-order valence-corrected chi connectivity index (χ0v) is 15.8. The lowest BCUT2D eigenvalue weighted by molar-refractivity contribution is -0.122. The minimum Gasteiger partial charge on any atom is -0.335 e. The van der Waals surface area contributed by atoms with Crippen molar-refractivity contribution in [3.8, 4) is 0 Å². The molecule has 3 nitrogen and oxygen atoms in total. The molecule has 0 spiro atoms. The number of thioether (sulfide) groups is 2. The Morgan fingerprint density at radius 2 is 1.87 bits per heavy atom. The first kappa shape index (κ1) is 16.6. The predicted molar refractivity (Wildman–Crippen MR) is 104 cm³/mol. The molecule has 23 heavy (non-hydrogen) atoms.